The number of rotatable bonds is 43. The lowest BCUT2D eigenvalue weighted by atomic mass is 9.85. The van der Waals surface area contributed by atoms with Crippen molar-refractivity contribution in [1.82, 2.24) is 0 Å². The first-order valence-electron chi connectivity index (χ1n) is 25.8. The summed E-state index contributed by atoms with van der Waals surface area (Å²) in [7, 11) is -5.13. The van der Waals surface area contributed by atoms with E-state index in [9.17, 15) is 44.6 Å². The Labute approximate surface area is 393 Å². The number of ether oxygens (including phenoxy) is 2. The average Bonchev–Trinajstić information content (AvgIpc) is 3.29. The lowest BCUT2D eigenvalue weighted by molar-refractivity contribution is -0.220. The van der Waals surface area contributed by atoms with Crippen LogP contribution < -0.4 is 0 Å². The Kier molecular flexibility index (Phi) is 38.6. The van der Waals surface area contributed by atoms with E-state index in [4.69, 9.17) is 18.5 Å². The highest BCUT2D eigenvalue weighted by Gasteiger charge is 2.51. The third-order valence-electron chi connectivity index (χ3n) is 12.0. The van der Waals surface area contributed by atoms with Crippen LogP contribution in [0.3, 0.4) is 0 Å². The van der Waals surface area contributed by atoms with Crippen molar-refractivity contribution in [2.45, 2.75) is 262 Å². The second kappa shape index (κ2) is 41.1. The number of aliphatic hydroxyl groups excluding tert-OH is 5. The Morgan fingerprint density at radius 2 is 0.862 bits per heavy atom. The minimum Gasteiger partial charge on any atom is -0.462 e. The van der Waals surface area contributed by atoms with Crippen LogP contribution >= 0.6 is 7.82 Å². The normalized spacial score (nSPS) is 21.7. The summed E-state index contributed by atoms with van der Waals surface area (Å²) < 4.78 is 33.5. The molecule has 0 heterocycles. The van der Waals surface area contributed by atoms with Gasteiger partial charge in [0.2, 0.25) is 0 Å². The van der Waals surface area contributed by atoms with Crippen LogP contribution in [0.2, 0.25) is 0 Å². The summed E-state index contributed by atoms with van der Waals surface area (Å²) >= 11 is 0. The predicted octanol–water partition coefficient (Wildman–Crippen LogP) is 11.0. The van der Waals surface area contributed by atoms with E-state index in [1.165, 1.54) is 135 Å². The number of hydrogen-bond acceptors (Lipinski definition) is 12. The summed E-state index contributed by atoms with van der Waals surface area (Å²) in [6, 6.07) is 0. The quantitative estimate of drug-likeness (QED) is 0.0146. The molecular weight excluding hydrogens is 852 g/mol. The highest BCUT2D eigenvalue weighted by Crippen LogP contribution is 2.47. The molecular formula is C51H93O13P. The lowest BCUT2D eigenvalue weighted by Gasteiger charge is -2.41. The maximum atomic E-state index is 12.8. The molecule has 0 spiro atoms. The highest BCUT2D eigenvalue weighted by atomic mass is 31.2. The van der Waals surface area contributed by atoms with Gasteiger partial charge in [0.15, 0.2) is 6.10 Å². The zero-order valence-corrected chi connectivity index (χ0v) is 41.4. The lowest BCUT2D eigenvalue weighted by Crippen LogP contribution is -2.64. The molecule has 0 saturated heterocycles. The minimum absolute atomic E-state index is 0.00945. The Morgan fingerprint density at radius 1 is 0.477 bits per heavy atom. The maximum absolute atomic E-state index is 12.8. The van der Waals surface area contributed by atoms with Crippen LogP contribution in [-0.2, 0) is 32.7 Å². The maximum Gasteiger partial charge on any atom is 0.472 e. The van der Waals surface area contributed by atoms with Gasteiger partial charge < -0.3 is 39.9 Å². The third kappa shape index (κ3) is 33.3. The molecule has 1 fully saturated rings. The van der Waals surface area contributed by atoms with Crippen LogP contribution in [0, 0.1) is 0 Å². The largest absolute Gasteiger partial charge is 0.472 e. The highest BCUT2D eigenvalue weighted by molar-refractivity contribution is 7.47. The molecule has 1 aliphatic rings. The average molecular weight is 945 g/mol. The van der Waals surface area contributed by atoms with Crippen LogP contribution in [-0.4, -0.2) is 98.3 Å². The van der Waals surface area contributed by atoms with Crippen LogP contribution in [0.15, 0.2) is 36.5 Å². The number of phosphoric ester groups is 1. The molecule has 1 aliphatic carbocycles. The first kappa shape index (κ1) is 61.1. The van der Waals surface area contributed by atoms with Gasteiger partial charge in [-0.3, -0.25) is 18.6 Å². The van der Waals surface area contributed by atoms with E-state index in [-0.39, 0.29) is 12.8 Å². The summed E-state index contributed by atoms with van der Waals surface area (Å²) in [5, 5.41) is 50.2. The number of unbranched alkanes of at least 4 members (excludes halogenated alkanes) is 25. The molecule has 13 nitrogen and oxygen atoms in total. The predicted molar refractivity (Wildman–Crippen MR) is 258 cm³/mol. The van der Waals surface area contributed by atoms with E-state index in [2.05, 4.69) is 38.2 Å². The summed E-state index contributed by atoms with van der Waals surface area (Å²) in [4.78, 5) is 35.7. The molecule has 0 aromatic carbocycles. The van der Waals surface area contributed by atoms with E-state index >= 15 is 0 Å². The molecule has 0 radical (unpaired) electrons. The molecule has 8 atom stereocenters. The van der Waals surface area contributed by atoms with Gasteiger partial charge in [-0.2, -0.15) is 0 Å². The number of carbonyl (C=O) groups excluding carboxylic acids is 2. The van der Waals surface area contributed by atoms with Crippen molar-refractivity contribution in [3.8, 4) is 0 Å². The Balaban J connectivity index is 2.37. The van der Waals surface area contributed by atoms with E-state index < -0.39 is 75.7 Å². The molecule has 14 heteroatoms. The molecule has 380 valence electrons. The number of carbonyl (C=O) groups is 2. The van der Waals surface area contributed by atoms with E-state index in [1.807, 2.05) is 12.2 Å². The molecule has 0 aliphatic heterocycles. The van der Waals surface area contributed by atoms with Crippen molar-refractivity contribution in [3.63, 3.8) is 0 Å². The zero-order chi connectivity index (χ0) is 47.8. The molecule has 1 saturated carbocycles. The van der Waals surface area contributed by atoms with Gasteiger partial charge in [-0.05, 0) is 57.8 Å². The van der Waals surface area contributed by atoms with Crippen LogP contribution in [0.4, 0.5) is 0 Å². The van der Waals surface area contributed by atoms with E-state index in [0.717, 1.165) is 44.9 Å². The van der Waals surface area contributed by atoms with Gasteiger partial charge in [0, 0.05) is 12.8 Å². The molecule has 0 aromatic rings. The molecule has 65 heavy (non-hydrogen) atoms. The van der Waals surface area contributed by atoms with Gasteiger partial charge in [0.05, 0.1) is 6.61 Å². The first-order chi connectivity index (χ1) is 31.4. The molecule has 1 rings (SSSR count). The van der Waals surface area contributed by atoms with Crippen molar-refractivity contribution in [2.75, 3.05) is 13.2 Å². The SMILES string of the molecule is CCCCCCCC/C=C/C/C=C/CCC(=O)OC(COC(=O)CCCCCCCCC/C=C/CCCCCCCCCCCCCC)COP(=O)(O)OC1C(O)C(O)C(O)[C@H](O)C1O. The van der Waals surface area contributed by atoms with Crippen molar-refractivity contribution in [1.29, 1.82) is 0 Å². The van der Waals surface area contributed by atoms with Gasteiger partial charge in [0.25, 0.3) is 0 Å². The van der Waals surface area contributed by atoms with Crippen LogP contribution in [0.25, 0.3) is 0 Å². The number of allylic oxidation sites excluding steroid dienone is 6. The minimum atomic E-state index is -5.13. The molecule has 0 amide bonds. The summed E-state index contributed by atoms with van der Waals surface area (Å²) in [5.41, 5.74) is 0. The molecule has 0 bridgehead atoms. The smallest absolute Gasteiger partial charge is 0.462 e. The first-order valence-corrected chi connectivity index (χ1v) is 27.3. The fourth-order valence-electron chi connectivity index (χ4n) is 7.81. The summed E-state index contributed by atoms with van der Waals surface area (Å²) in [6.45, 7) is 3.26. The van der Waals surface area contributed by atoms with Crippen LogP contribution in [0.5, 0.6) is 0 Å². The molecule has 0 aromatic heterocycles. The van der Waals surface area contributed by atoms with Crippen molar-refractivity contribution >= 4 is 19.8 Å². The zero-order valence-electron chi connectivity index (χ0n) is 40.5. The van der Waals surface area contributed by atoms with Crippen molar-refractivity contribution in [2.24, 2.45) is 0 Å². The Hall–Kier alpha value is -1.93. The Morgan fingerprint density at radius 3 is 1.32 bits per heavy atom. The van der Waals surface area contributed by atoms with E-state index in [1.54, 1.807) is 0 Å². The monoisotopic (exact) mass is 945 g/mol. The van der Waals surface area contributed by atoms with Gasteiger partial charge in [0.1, 0.15) is 43.2 Å². The van der Waals surface area contributed by atoms with Crippen molar-refractivity contribution < 1.29 is 63.1 Å². The van der Waals surface area contributed by atoms with Crippen LogP contribution in [0.1, 0.15) is 219 Å². The van der Waals surface area contributed by atoms with Gasteiger partial charge in [-0.25, -0.2) is 4.57 Å². The molecule has 7 unspecified atom stereocenters. The number of aliphatic hydroxyl groups is 5. The van der Waals surface area contributed by atoms with Crippen molar-refractivity contribution in [3.05, 3.63) is 36.5 Å². The third-order valence-corrected chi connectivity index (χ3v) is 13.0. The molecule has 6 N–H and O–H groups in total. The standard InChI is InChI=1S/C51H93O13P/c1-3-5-7-9-11-13-15-17-18-19-20-21-22-23-24-25-26-28-29-31-33-35-37-39-44(52)61-41-43(42-62-65(59,60)64-51-49(57)47(55)46(54)48(56)50(51)58)63-45(53)40-38-36-34-32-30-27-16-14-12-10-8-6-4-2/h23-24,27,30,34,36,43,46-51,54-58H,3-22,25-26,28-29,31-33,35,37-42H2,1-2H3,(H,59,60)/b24-23+,30-27+,36-34+/t43?,46?,47-,48?,49?,50?,51?/m0/s1. The fourth-order valence-corrected chi connectivity index (χ4v) is 8.78. The van der Waals surface area contributed by atoms with Gasteiger partial charge in [-0.1, -0.05) is 185 Å². The summed E-state index contributed by atoms with van der Waals surface area (Å²) in [6.07, 6.45) is 35.1. The number of phosphoric acid groups is 1. The van der Waals surface area contributed by atoms with Gasteiger partial charge in [-0.15, -0.1) is 0 Å². The second-order valence-electron chi connectivity index (χ2n) is 18.0. The topological polar surface area (TPSA) is 210 Å². The summed E-state index contributed by atoms with van der Waals surface area (Å²) in [5.74, 6) is -1.18. The fraction of sp³-hybridized carbons (Fsp3) is 0.843. The van der Waals surface area contributed by atoms with E-state index in [0.29, 0.717) is 12.8 Å². The second-order valence-corrected chi connectivity index (χ2v) is 19.4. The Bertz CT molecular complexity index is 1280. The number of hydrogen-bond donors (Lipinski definition) is 6. The number of esters is 2. The van der Waals surface area contributed by atoms with Gasteiger partial charge >= 0.3 is 19.8 Å².